The number of imidazole rings is 1. The summed E-state index contributed by atoms with van der Waals surface area (Å²) in [5.74, 6) is 0. The molecule has 94 valence electrons. The molecule has 0 atom stereocenters. The van der Waals surface area contributed by atoms with Gasteiger partial charge in [0.15, 0.2) is 4.77 Å². The van der Waals surface area contributed by atoms with E-state index < -0.39 is 0 Å². The quantitative estimate of drug-likeness (QED) is 0.743. The first kappa shape index (κ1) is 11.8. The summed E-state index contributed by atoms with van der Waals surface area (Å²) >= 11 is 5.34. The van der Waals surface area contributed by atoms with Crippen LogP contribution in [0.3, 0.4) is 0 Å². The van der Waals surface area contributed by atoms with Crippen LogP contribution in [0.4, 0.5) is 0 Å². The van der Waals surface area contributed by atoms with Crippen molar-refractivity contribution < 1.29 is 0 Å². The highest BCUT2D eigenvalue weighted by Crippen LogP contribution is 2.19. The Morgan fingerprint density at radius 2 is 2.00 bits per heavy atom. The van der Waals surface area contributed by atoms with Crippen molar-refractivity contribution >= 4 is 12.2 Å². The van der Waals surface area contributed by atoms with Crippen LogP contribution in [-0.2, 0) is 6.54 Å². The third kappa shape index (κ3) is 2.46. The lowest BCUT2D eigenvalue weighted by Crippen LogP contribution is -2.03. The van der Waals surface area contributed by atoms with Gasteiger partial charge in [-0.1, -0.05) is 30.3 Å². The number of H-pyrrole nitrogens is 1. The standard InChI is InChI=1S/C14H12N4S/c19-14-16-8-13(11-4-2-1-3-5-11)18(14)9-12-6-7-15-10-17-12/h1-8,10H,9H2,(H,16,19). The Morgan fingerprint density at radius 3 is 2.74 bits per heavy atom. The molecule has 0 aliphatic rings. The van der Waals surface area contributed by atoms with Crippen LogP contribution < -0.4 is 0 Å². The number of nitrogens with zero attached hydrogens (tertiary/aromatic N) is 3. The molecule has 0 unspecified atom stereocenters. The molecule has 5 heteroatoms. The minimum atomic E-state index is 0.634. The molecule has 0 radical (unpaired) electrons. The Hall–Kier alpha value is -2.27. The van der Waals surface area contributed by atoms with Crippen molar-refractivity contribution in [3.05, 3.63) is 65.6 Å². The summed E-state index contributed by atoms with van der Waals surface area (Å²) in [5, 5.41) is 0. The number of aromatic amines is 1. The molecule has 4 nitrogen and oxygen atoms in total. The van der Waals surface area contributed by atoms with E-state index in [1.807, 2.05) is 35.0 Å². The van der Waals surface area contributed by atoms with Crippen molar-refractivity contribution in [1.82, 2.24) is 19.5 Å². The number of aromatic nitrogens is 4. The lowest BCUT2D eigenvalue weighted by atomic mass is 10.2. The van der Waals surface area contributed by atoms with E-state index in [9.17, 15) is 0 Å². The van der Waals surface area contributed by atoms with Gasteiger partial charge in [-0.25, -0.2) is 9.97 Å². The van der Waals surface area contributed by atoms with Crippen molar-refractivity contribution in [2.75, 3.05) is 0 Å². The first-order valence-electron chi connectivity index (χ1n) is 5.93. The van der Waals surface area contributed by atoms with Crippen molar-refractivity contribution in [3.8, 4) is 11.3 Å². The zero-order chi connectivity index (χ0) is 13.1. The van der Waals surface area contributed by atoms with Crippen molar-refractivity contribution in [3.63, 3.8) is 0 Å². The van der Waals surface area contributed by atoms with Gasteiger partial charge in [-0.2, -0.15) is 0 Å². The van der Waals surface area contributed by atoms with Crippen LogP contribution in [0.1, 0.15) is 5.69 Å². The van der Waals surface area contributed by atoms with Crippen LogP contribution in [0, 0.1) is 4.77 Å². The van der Waals surface area contributed by atoms with Crippen molar-refractivity contribution in [1.29, 1.82) is 0 Å². The maximum Gasteiger partial charge on any atom is 0.177 e. The molecule has 2 heterocycles. The molecule has 0 aliphatic heterocycles. The summed E-state index contributed by atoms with van der Waals surface area (Å²) < 4.78 is 2.73. The van der Waals surface area contributed by atoms with Gasteiger partial charge in [0.2, 0.25) is 0 Å². The van der Waals surface area contributed by atoms with E-state index in [0.29, 0.717) is 11.3 Å². The fraction of sp³-hybridized carbons (Fsp3) is 0.0714. The molecule has 0 bridgehead atoms. The summed E-state index contributed by atoms with van der Waals surface area (Å²) in [4.78, 5) is 11.3. The Morgan fingerprint density at radius 1 is 1.16 bits per heavy atom. The molecular weight excluding hydrogens is 256 g/mol. The highest BCUT2D eigenvalue weighted by Gasteiger charge is 2.07. The number of hydrogen-bond donors (Lipinski definition) is 1. The van der Waals surface area contributed by atoms with Gasteiger partial charge >= 0.3 is 0 Å². The van der Waals surface area contributed by atoms with E-state index >= 15 is 0 Å². The van der Waals surface area contributed by atoms with Gasteiger partial charge < -0.3 is 9.55 Å². The van der Waals surface area contributed by atoms with E-state index in [1.54, 1.807) is 12.5 Å². The van der Waals surface area contributed by atoms with Crippen LogP contribution in [0.2, 0.25) is 0 Å². The molecule has 1 aromatic carbocycles. The van der Waals surface area contributed by atoms with Crippen molar-refractivity contribution in [2.24, 2.45) is 0 Å². The Bertz CT molecular complexity index is 716. The summed E-state index contributed by atoms with van der Waals surface area (Å²) in [6.45, 7) is 0.634. The number of hydrogen-bond acceptors (Lipinski definition) is 3. The number of benzene rings is 1. The lowest BCUT2D eigenvalue weighted by Gasteiger charge is -2.07. The predicted molar refractivity (Wildman–Crippen MR) is 76.2 cm³/mol. The minimum absolute atomic E-state index is 0.634. The summed E-state index contributed by atoms with van der Waals surface area (Å²) in [5.41, 5.74) is 3.12. The minimum Gasteiger partial charge on any atom is -0.337 e. The second kappa shape index (κ2) is 5.16. The van der Waals surface area contributed by atoms with E-state index in [2.05, 4.69) is 27.1 Å². The van der Waals surface area contributed by atoms with Gasteiger partial charge in [0, 0.05) is 12.4 Å². The van der Waals surface area contributed by atoms with Crippen LogP contribution in [0.25, 0.3) is 11.3 Å². The monoisotopic (exact) mass is 268 g/mol. The Kier molecular flexibility index (Phi) is 3.20. The predicted octanol–water partition coefficient (Wildman–Crippen LogP) is 3.05. The maximum absolute atomic E-state index is 5.34. The molecule has 0 aliphatic carbocycles. The van der Waals surface area contributed by atoms with Gasteiger partial charge in [0.25, 0.3) is 0 Å². The first-order valence-corrected chi connectivity index (χ1v) is 6.34. The molecule has 19 heavy (non-hydrogen) atoms. The molecule has 0 saturated heterocycles. The lowest BCUT2D eigenvalue weighted by molar-refractivity contribution is 0.764. The Balaban J connectivity index is 2.03. The van der Waals surface area contributed by atoms with E-state index in [4.69, 9.17) is 12.2 Å². The van der Waals surface area contributed by atoms with Crippen molar-refractivity contribution in [2.45, 2.75) is 6.54 Å². The fourth-order valence-corrected chi connectivity index (χ4v) is 2.20. The van der Waals surface area contributed by atoms with Gasteiger partial charge in [-0.05, 0) is 23.8 Å². The second-order valence-corrected chi connectivity index (χ2v) is 4.52. The van der Waals surface area contributed by atoms with Gasteiger partial charge in [-0.3, -0.25) is 0 Å². The van der Waals surface area contributed by atoms with Gasteiger partial charge in [0.05, 0.1) is 17.9 Å². The van der Waals surface area contributed by atoms with E-state index in [1.165, 1.54) is 0 Å². The smallest absolute Gasteiger partial charge is 0.177 e. The third-order valence-corrected chi connectivity index (χ3v) is 3.24. The van der Waals surface area contributed by atoms with Crippen LogP contribution in [-0.4, -0.2) is 19.5 Å². The molecule has 0 saturated carbocycles. The average Bonchev–Trinajstić information content (AvgIpc) is 2.82. The Labute approximate surface area is 115 Å². The van der Waals surface area contributed by atoms with Gasteiger partial charge in [-0.15, -0.1) is 0 Å². The summed E-state index contributed by atoms with van der Waals surface area (Å²) in [7, 11) is 0. The largest absolute Gasteiger partial charge is 0.337 e. The zero-order valence-electron chi connectivity index (χ0n) is 10.2. The molecule has 0 amide bonds. The maximum atomic E-state index is 5.34. The highest BCUT2D eigenvalue weighted by molar-refractivity contribution is 7.71. The van der Waals surface area contributed by atoms with Gasteiger partial charge in [0.1, 0.15) is 6.33 Å². The van der Waals surface area contributed by atoms with Crippen LogP contribution in [0.15, 0.2) is 55.1 Å². The first-order chi connectivity index (χ1) is 9.34. The molecule has 2 aromatic heterocycles. The normalized spacial score (nSPS) is 10.5. The van der Waals surface area contributed by atoms with Crippen LogP contribution in [0.5, 0.6) is 0 Å². The average molecular weight is 268 g/mol. The zero-order valence-corrected chi connectivity index (χ0v) is 11.0. The SMILES string of the molecule is S=c1[nH]cc(-c2ccccc2)n1Cc1ccncn1. The number of rotatable bonds is 3. The third-order valence-electron chi connectivity index (χ3n) is 2.90. The molecule has 0 spiro atoms. The fourth-order valence-electron chi connectivity index (χ4n) is 1.97. The summed E-state index contributed by atoms with van der Waals surface area (Å²) in [6.07, 6.45) is 5.22. The second-order valence-electron chi connectivity index (χ2n) is 4.13. The molecular formula is C14H12N4S. The molecule has 1 N–H and O–H groups in total. The van der Waals surface area contributed by atoms with Crippen LogP contribution >= 0.6 is 12.2 Å². The molecule has 3 rings (SSSR count). The highest BCUT2D eigenvalue weighted by atomic mass is 32.1. The molecule has 3 aromatic rings. The van der Waals surface area contributed by atoms with E-state index in [-0.39, 0.29) is 0 Å². The number of nitrogens with one attached hydrogen (secondary N) is 1. The molecule has 0 fully saturated rings. The topological polar surface area (TPSA) is 46.5 Å². The van der Waals surface area contributed by atoms with E-state index in [0.717, 1.165) is 17.0 Å². The summed E-state index contributed by atoms with van der Waals surface area (Å²) in [6, 6.07) is 12.0.